The summed E-state index contributed by atoms with van der Waals surface area (Å²) in [5, 5.41) is 0. The predicted molar refractivity (Wildman–Crippen MR) is 73.4 cm³/mol. The minimum Gasteiger partial charge on any atom is -0.464 e. The van der Waals surface area contributed by atoms with Gasteiger partial charge in [-0.25, -0.2) is 5.84 Å². The summed E-state index contributed by atoms with van der Waals surface area (Å²) < 4.78 is 5.65. The number of amides is 1. The van der Waals surface area contributed by atoms with Gasteiger partial charge in [0, 0.05) is 6.54 Å². The van der Waals surface area contributed by atoms with Crippen LogP contribution in [0.1, 0.15) is 48.6 Å². The summed E-state index contributed by atoms with van der Waals surface area (Å²) in [6.07, 6.45) is 2.48. The monoisotopic (exact) mass is 265 g/mol. The number of nitrogens with one attached hydrogen (secondary N) is 1. The quantitative estimate of drug-likeness (QED) is 0.497. The number of nitrogens with zero attached hydrogens (tertiary/aromatic N) is 1. The molecule has 0 spiro atoms. The number of nitrogen functional groups attached to an aromatic ring is 1. The highest BCUT2D eigenvalue weighted by Crippen LogP contribution is 2.29. The van der Waals surface area contributed by atoms with Crippen molar-refractivity contribution in [2.24, 2.45) is 11.3 Å². The van der Waals surface area contributed by atoms with Crippen LogP contribution in [-0.2, 0) is 6.54 Å². The fourth-order valence-corrected chi connectivity index (χ4v) is 2.82. The van der Waals surface area contributed by atoms with E-state index in [2.05, 4.69) is 24.2 Å². The fraction of sp³-hybridized carbons (Fsp3) is 0.643. The van der Waals surface area contributed by atoms with Gasteiger partial charge in [0.25, 0.3) is 5.91 Å². The molecule has 3 N–H and O–H groups in total. The van der Waals surface area contributed by atoms with Crippen LogP contribution in [0.3, 0.4) is 0 Å². The van der Waals surface area contributed by atoms with Gasteiger partial charge in [-0.2, -0.15) is 0 Å². The van der Waals surface area contributed by atoms with Gasteiger partial charge in [0.2, 0.25) is 0 Å². The number of hydrazine groups is 1. The van der Waals surface area contributed by atoms with Gasteiger partial charge in [0.05, 0.1) is 12.1 Å². The molecule has 2 heterocycles. The molecule has 0 saturated carbocycles. The second-order valence-electron chi connectivity index (χ2n) is 6.13. The molecule has 1 saturated heterocycles. The number of carbonyl (C=O) groups is 1. The molecule has 0 radical (unpaired) electrons. The Bertz CT molecular complexity index is 465. The number of rotatable bonds is 3. The number of furan rings is 1. The Hall–Kier alpha value is -1.33. The van der Waals surface area contributed by atoms with Crippen LogP contribution in [0.25, 0.3) is 0 Å². The average molecular weight is 265 g/mol. The Morgan fingerprint density at radius 2 is 2.32 bits per heavy atom. The lowest BCUT2D eigenvalue weighted by atomic mass is 9.84. The van der Waals surface area contributed by atoms with E-state index in [0.29, 0.717) is 16.7 Å². The highest BCUT2D eigenvalue weighted by atomic mass is 16.3. The van der Waals surface area contributed by atoms with Gasteiger partial charge in [-0.15, -0.1) is 0 Å². The lowest BCUT2D eigenvalue weighted by Crippen LogP contribution is -2.39. The van der Waals surface area contributed by atoms with Crippen molar-refractivity contribution < 1.29 is 9.21 Å². The Balaban J connectivity index is 2.05. The zero-order chi connectivity index (χ0) is 14.0. The molecule has 1 aromatic heterocycles. The molecular formula is C14H23N3O2. The molecule has 0 aromatic carbocycles. The molecule has 19 heavy (non-hydrogen) atoms. The first-order chi connectivity index (χ1) is 8.91. The highest BCUT2D eigenvalue weighted by Gasteiger charge is 2.27. The maximum Gasteiger partial charge on any atom is 0.268 e. The van der Waals surface area contributed by atoms with E-state index in [-0.39, 0.29) is 5.91 Å². The standard InChI is InChI=1S/C14H23N3O2/c1-10-12(13(18)16-15)7-11(19-10)8-17-6-4-5-14(2,3)9-17/h7H,4-6,8-9,15H2,1-3H3,(H,16,18). The van der Waals surface area contributed by atoms with Gasteiger partial charge < -0.3 is 4.42 Å². The van der Waals surface area contributed by atoms with E-state index < -0.39 is 0 Å². The highest BCUT2D eigenvalue weighted by molar-refractivity contribution is 5.94. The third kappa shape index (κ3) is 3.36. The normalized spacial score (nSPS) is 19.4. The van der Waals surface area contributed by atoms with Crippen LogP contribution in [0, 0.1) is 12.3 Å². The van der Waals surface area contributed by atoms with E-state index in [1.165, 1.54) is 12.8 Å². The number of hydrogen-bond donors (Lipinski definition) is 2. The molecule has 2 rings (SSSR count). The number of hydrogen-bond acceptors (Lipinski definition) is 4. The van der Waals surface area contributed by atoms with Gasteiger partial charge in [0.1, 0.15) is 11.5 Å². The summed E-state index contributed by atoms with van der Waals surface area (Å²) in [7, 11) is 0. The van der Waals surface area contributed by atoms with Gasteiger partial charge in [0.15, 0.2) is 0 Å². The van der Waals surface area contributed by atoms with Crippen molar-refractivity contribution in [2.45, 2.75) is 40.2 Å². The van der Waals surface area contributed by atoms with Crippen molar-refractivity contribution in [1.29, 1.82) is 0 Å². The second-order valence-corrected chi connectivity index (χ2v) is 6.13. The van der Waals surface area contributed by atoms with E-state index in [1.807, 2.05) is 0 Å². The Morgan fingerprint density at radius 3 is 2.95 bits per heavy atom. The lowest BCUT2D eigenvalue weighted by Gasteiger charge is -2.37. The van der Waals surface area contributed by atoms with Crippen LogP contribution in [-0.4, -0.2) is 23.9 Å². The van der Waals surface area contributed by atoms with Crippen molar-refractivity contribution in [1.82, 2.24) is 10.3 Å². The lowest BCUT2D eigenvalue weighted by molar-refractivity contribution is 0.0952. The topological polar surface area (TPSA) is 71.5 Å². The van der Waals surface area contributed by atoms with Gasteiger partial charge in [-0.3, -0.25) is 15.1 Å². The third-order valence-corrected chi connectivity index (χ3v) is 3.70. The number of piperidine rings is 1. The van der Waals surface area contributed by atoms with Gasteiger partial charge >= 0.3 is 0 Å². The molecule has 1 aliphatic rings. The molecule has 1 aliphatic heterocycles. The summed E-state index contributed by atoms with van der Waals surface area (Å²) in [6, 6.07) is 1.79. The van der Waals surface area contributed by atoms with E-state index in [1.54, 1.807) is 13.0 Å². The van der Waals surface area contributed by atoms with Gasteiger partial charge in [-0.1, -0.05) is 13.8 Å². The molecule has 1 aromatic rings. The molecule has 0 bridgehead atoms. The summed E-state index contributed by atoms with van der Waals surface area (Å²) in [4.78, 5) is 13.9. The SMILES string of the molecule is Cc1oc(CN2CCCC(C)(C)C2)cc1C(=O)NN. The smallest absolute Gasteiger partial charge is 0.268 e. The average Bonchev–Trinajstić information content (AvgIpc) is 2.68. The van der Waals surface area contributed by atoms with Crippen molar-refractivity contribution in [3.8, 4) is 0 Å². The van der Waals surface area contributed by atoms with Crippen LogP contribution in [0.2, 0.25) is 0 Å². The zero-order valence-corrected chi connectivity index (χ0v) is 12.0. The first kappa shape index (κ1) is 14.1. The van der Waals surface area contributed by atoms with Crippen molar-refractivity contribution >= 4 is 5.91 Å². The molecule has 106 valence electrons. The zero-order valence-electron chi connectivity index (χ0n) is 12.0. The Morgan fingerprint density at radius 1 is 1.58 bits per heavy atom. The molecular weight excluding hydrogens is 242 g/mol. The Labute approximate surface area is 114 Å². The molecule has 0 atom stereocenters. The summed E-state index contributed by atoms with van der Waals surface area (Å²) >= 11 is 0. The molecule has 0 unspecified atom stereocenters. The maximum absolute atomic E-state index is 11.5. The van der Waals surface area contributed by atoms with Crippen molar-refractivity contribution in [3.05, 3.63) is 23.2 Å². The minimum absolute atomic E-state index is 0.300. The molecule has 0 aliphatic carbocycles. The fourth-order valence-electron chi connectivity index (χ4n) is 2.82. The number of carbonyl (C=O) groups excluding carboxylic acids is 1. The summed E-state index contributed by atoms with van der Waals surface area (Å²) in [5.41, 5.74) is 3.02. The number of aryl methyl sites for hydroxylation is 1. The summed E-state index contributed by atoms with van der Waals surface area (Å²) in [6.45, 7) is 9.27. The third-order valence-electron chi connectivity index (χ3n) is 3.70. The number of nitrogens with two attached hydrogens (primary N) is 1. The second kappa shape index (κ2) is 5.35. The van der Waals surface area contributed by atoms with Crippen LogP contribution in [0.4, 0.5) is 0 Å². The first-order valence-electron chi connectivity index (χ1n) is 6.74. The largest absolute Gasteiger partial charge is 0.464 e. The predicted octanol–water partition coefficient (Wildman–Crippen LogP) is 1.81. The van der Waals surface area contributed by atoms with Crippen LogP contribution < -0.4 is 11.3 Å². The van der Waals surface area contributed by atoms with Crippen molar-refractivity contribution in [2.75, 3.05) is 13.1 Å². The van der Waals surface area contributed by atoms with Crippen LogP contribution in [0.15, 0.2) is 10.5 Å². The van der Waals surface area contributed by atoms with Crippen LogP contribution >= 0.6 is 0 Å². The molecule has 5 heteroatoms. The molecule has 1 fully saturated rings. The molecule has 5 nitrogen and oxygen atoms in total. The maximum atomic E-state index is 11.5. The van der Waals surface area contributed by atoms with Crippen molar-refractivity contribution in [3.63, 3.8) is 0 Å². The minimum atomic E-state index is -0.300. The Kier molecular flexibility index (Phi) is 3.96. The van der Waals surface area contributed by atoms with E-state index >= 15 is 0 Å². The van der Waals surface area contributed by atoms with E-state index in [9.17, 15) is 4.79 Å². The van der Waals surface area contributed by atoms with Gasteiger partial charge in [-0.05, 0) is 37.8 Å². The first-order valence-corrected chi connectivity index (χ1v) is 6.74. The molecule has 1 amide bonds. The van der Waals surface area contributed by atoms with Crippen LogP contribution in [0.5, 0.6) is 0 Å². The van der Waals surface area contributed by atoms with E-state index in [4.69, 9.17) is 10.3 Å². The van der Waals surface area contributed by atoms with E-state index in [0.717, 1.165) is 25.4 Å². The summed E-state index contributed by atoms with van der Waals surface area (Å²) in [5.74, 6) is 6.30. The number of likely N-dealkylation sites (tertiary alicyclic amines) is 1.